The molecule has 4 heteroatoms. The van der Waals surface area contributed by atoms with Gasteiger partial charge in [0.2, 0.25) is 5.91 Å². The first-order valence-electron chi connectivity index (χ1n) is 7.28. The van der Waals surface area contributed by atoms with Crippen LogP contribution < -0.4 is 10.6 Å². The summed E-state index contributed by atoms with van der Waals surface area (Å²) in [6, 6.07) is 0.771. The molecule has 18 heavy (non-hydrogen) atoms. The molecule has 1 amide bonds. The third-order valence-electron chi connectivity index (χ3n) is 3.83. The fraction of sp³-hybridized carbons (Fsp3) is 0.929. The Morgan fingerprint density at radius 1 is 1.44 bits per heavy atom. The second-order valence-electron chi connectivity index (χ2n) is 5.60. The summed E-state index contributed by atoms with van der Waals surface area (Å²) in [7, 11) is 2.16. The quantitative estimate of drug-likeness (QED) is 0.722. The maximum atomic E-state index is 11.9. The van der Waals surface area contributed by atoms with Crippen LogP contribution >= 0.6 is 0 Å². The van der Waals surface area contributed by atoms with Crippen molar-refractivity contribution in [3.8, 4) is 0 Å². The SMILES string of the molecule is CCCC(C)NC(=O)C(C)NCC1CCCN1C. The number of hydrogen-bond donors (Lipinski definition) is 2. The molecule has 0 saturated carbocycles. The van der Waals surface area contributed by atoms with Gasteiger partial charge in [0.25, 0.3) is 0 Å². The van der Waals surface area contributed by atoms with Gasteiger partial charge < -0.3 is 15.5 Å². The Balaban J connectivity index is 2.22. The predicted molar refractivity (Wildman–Crippen MR) is 75.6 cm³/mol. The maximum Gasteiger partial charge on any atom is 0.237 e. The summed E-state index contributed by atoms with van der Waals surface area (Å²) in [5.74, 6) is 0.122. The standard InChI is InChI=1S/C14H29N3O/c1-5-7-11(2)16-14(18)12(3)15-10-13-8-6-9-17(13)4/h11-13,15H,5-10H2,1-4H3,(H,16,18). The summed E-state index contributed by atoms with van der Waals surface area (Å²) < 4.78 is 0. The minimum Gasteiger partial charge on any atom is -0.352 e. The van der Waals surface area contributed by atoms with Crippen molar-refractivity contribution in [2.75, 3.05) is 20.1 Å². The van der Waals surface area contributed by atoms with E-state index in [-0.39, 0.29) is 18.0 Å². The van der Waals surface area contributed by atoms with Crippen molar-refractivity contribution in [3.63, 3.8) is 0 Å². The number of rotatable bonds is 7. The van der Waals surface area contributed by atoms with Gasteiger partial charge in [-0.25, -0.2) is 0 Å². The fourth-order valence-electron chi connectivity index (χ4n) is 2.52. The molecule has 4 nitrogen and oxygen atoms in total. The Morgan fingerprint density at radius 2 is 2.17 bits per heavy atom. The number of likely N-dealkylation sites (N-methyl/N-ethyl adjacent to an activating group) is 1. The molecule has 1 heterocycles. The van der Waals surface area contributed by atoms with Gasteiger partial charge in [-0.1, -0.05) is 13.3 Å². The van der Waals surface area contributed by atoms with Crippen LogP contribution in [0.15, 0.2) is 0 Å². The van der Waals surface area contributed by atoms with Crippen molar-refractivity contribution in [1.29, 1.82) is 0 Å². The molecule has 3 atom stereocenters. The Hall–Kier alpha value is -0.610. The van der Waals surface area contributed by atoms with Crippen molar-refractivity contribution >= 4 is 5.91 Å². The van der Waals surface area contributed by atoms with Crippen LogP contribution in [0, 0.1) is 0 Å². The molecule has 1 rings (SSSR count). The molecule has 1 aliphatic heterocycles. The van der Waals surface area contributed by atoms with Crippen molar-refractivity contribution in [2.24, 2.45) is 0 Å². The molecule has 0 radical (unpaired) electrons. The highest BCUT2D eigenvalue weighted by atomic mass is 16.2. The topological polar surface area (TPSA) is 44.4 Å². The van der Waals surface area contributed by atoms with Gasteiger partial charge in [-0.3, -0.25) is 4.79 Å². The molecule has 0 aliphatic carbocycles. The van der Waals surface area contributed by atoms with Crippen LogP contribution in [0.3, 0.4) is 0 Å². The van der Waals surface area contributed by atoms with Gasteiger partial charge in [0.05, 0.1) is 6.04 Å². The first kappa shape index (κ1) is 15.4. The van der Waals surface area contributed by atoms with Gasteiger partial charge in [-0.15, -0.1) is 0 Å². The molecule has 106 valence electrons. The van der Waals surface area contributed by atoms with Crippen LogP contribution in [0.25, 0.3) is 0 Å². The summed E-state index contributed by atoms with van der Waals surface area (Å²) >= 11 is 0. The molecule has 3 unspecified atom stereocenters. The third kappa shape index (κ3) is 4.94. The molecule has 1 aliphatic rings. The number of nitrogens with zero attached hydrogens (tertiary/aromatic N) is 1. The van der Waals surface area contributed by atoms with E-state index in [1.807, 2.05) is 6.92 Å². The van der Waals surface area contributed by atoms with E-state index in [0.717, 1.165) is 19.4 Å². The average Bonchev–Trinajstić information content (AvgIpc) is 2.72. The van der Waals surface area contributed by atoms with E-state index >= 15 is 0 Å². The molecule has 0 aromatic heterocycles. The summed E-state index contributed by atoms with van der Waals surface area (Å²) in [6.07, 6.45) is 4.67. The lowest BCUT2D eigenvalue weighted by atomic mass is 10.1. The molecule has 0 aromatic carbocycles. The molecular formula is C14H29N3O. The second kappa shape index (κ2) is 7.74. The van der Waals surface area contributed by atoms with Gasteiger partial charge in [-0.05, 0) is 46.7 Å². The number of amides is 1. The average molecular weight is 255 g/mol. The maximum absolute atomic E-state index is 11.9. The number of carbonyl (C=O) groups excluding carboxylic acids is 1. The molecule has 1 fully saturated rings. The Morgan fingerprint density at radius 3 is 2.72 bits per heavy atom. The zero-order valence-corrected chi connectivity index (χ0v) is 12.3. The third-order valence-corrected chi connectivity index (χ3v) is 3.83. The lowest BCUT2D eigenvalue weighted by Crippen LogP contribution is -2.48. The van der Waals surface area contributed by atoms with E-state index < -0.39 is 0 Å². The van der Waals surface area contributed by atoms with Crippen LogP contribution in [-0.2, 0) is 4.79 Å². The van der Waals surface area contributed by atoms with E-state index in [9.17, 15) is 4.79 Å². The lowest BCUT2D eigenvalue weighted by Gasteiger charge is -2.23. The highest BCUT2D eigenvalue weighted by molar-refractivity contribution is 5.81. The van der Waals surface area contributed by atoms with Gasteiger partial charge in [0.1, 0.15) is 0 Å². The normalized spacial score (nSPS) is 23.9. The minimum atomic E-state index is -0.0988. The molecule has 2 N–H and O–H groups in total. The van der Waals surface area contributed by atoms with Gasteiger partial charge in [0, 0.05) is 18.6 Å². The second-order valence-corrected chi connectivity index (χ2v) is 5.60. The molecule has 0 aromatic rings. The monoisotopic (exact) mass is 255 g/mol. The zero-order chi connectivity index (χ0) is 13.5. The first-order chi connectivity index (χ1) is 8.54. The molecular weight excluding hydrogens is 226 g/mol. The number of likely N-dealkylation sites (tertiary alicyclic amines) is 1. The number of hydrogen-bond acceptors (Lipinski definition) is 3. The summed E-state index contributed by atoms with van der Waals surface area (Å²) in [5, 5.41) is 6.40. The van der Waals surface area contributed by atoms with Gasteiger partial charge in [0.15, 0.2) is 0 Å². The van der Waals surface area contributed by atoms with E-state index in [2.05, 4.69) is 36.4 Å². The van der Waals surface area contributed by atoms with Crippen molar-refractivity contribution in [2.45, 2.75) is 64.6 Å². The molecule has 1 saturated heterocycles. The number of nitrogens with one attached hydrogen (secondary N) is 2. The van der Waals surface area contributed by atoms with Crippen molar-refractivity contribution in [1.82, 2.24) is 15.5 Å². The molecule has 0 spiro atoms. The summed E-state index contributed by atoms with van der Waals surface area (Å²) in [5.41, 5.74) is 0. The van der Waals surface area contributed by atoms with Crippen LogP contribution in [0.1, 0.15) is 46.5 Å². The lowest BCUT2D eigenvalue weighted by molar-refractivity contribution is -0.123. The Kier molecular flexibility index (Phi) is 6.65. The van der Waals surface area contributed by atoms with E-state index in [0.29, 0.717) is 6.04 Å². The first-order valence-corrected chi connectivity index (χ1v) is 7.28. The van der Waals surface area contributed by atoms with E-state index in [1.54, 1.807) is 0 Å². The van der Waals surface area contributed by atoms with Crippen LogP contribution in [0.4, 0.5) is 0 Å². The Bertz CT molecular complexity index is 257. The highest BCUT2D eigenvalue weighted by Crippen LogP contribution is 2.13. The van der Waals surface area contributed by atoms with E-state index in [1.165, 1.54) is 19.4 Å². The summed E-state index contributed by atoms with van der Waals surface area (Å²) in [6.45, 7) is 8.25. The largest absolute Gasteiger partial charge is 0.352 e. The molecule has 0 bridgehead atoms. The Labute approximate surface area is 111 Å². The van der Waals surface area contributed by atoms with Crippen LogP contribution in [0.2, 0.25) is 0 Å². The van der Waals surface area contributed by atoms with Gasteiger partial charge >= 0.3 is 0 Å². The van der Waals surface area contributed by atoms with Crippen LogP contribution in [0.5, 0.6) is 0 Å². The van der Waals surface area contributed by atoms with Crippen LogP contribution in [-0.4, -0.2) is 49.1 Å². The van der Waals surface area contributed by atoms with E-state index in [4.69, 9.17) is 0 Å². The van der Waals surface area contributed by atoms with Crippen molar-refractivity contribution in [3.05, 3.63) is 0 Å². The number of carbonyl (C=O) groups is 1. The van der Waals surface area contributed by atoms with Crippen molar-refractivity contribution < 1.29 is 4.79 Å². The minimum absolute atomic E-state index is 0.0988. The zero-order valence-electron chi connectivity index (χ0n) is 12.3. The highest BCUT2D eigenvalue weighted by Gasteiger charge is 2.22. The fourth-order valence-corrected chi connectivity index (χ4v) is 2.52. The van der Waals surface area contributed by atoms with Gasteiger partial charge in [-0.2, -0.15) is 0 Å². The predicted octanol–water partition coefficient (Wildman–Crippen LogP) is 1.36. The smallest absolute Gasteiger partial charge is 0.237 e. The summed E-state index contributed by atoms with van der Waals surface area (Å²) in [4.78, 5) is 14.3.